The predicted molar refractivity (Wildman–Crippen MR) is 145 cm³/mol. The van der Waals surface area contributed by atoms with E-state index in [2.05, 4.69) is 27.8 Å². The number of carbonyl (C=O) groups excluding carboxylic acids is 3. The number of fused-ring (bicyclic) bond motifs is 1. The maximum Gasteiger partial charge on any atom is 0.270 e. The number of benzene rings is 2. The van der Waals surface area contributed by atoms with E-state index >= 15 is 0 Å². The minimum Gasteiger partial charge on any atom is -0.391 e. The standard InChI is InChI=1S/C30H31FN4O4/c1-18(24-5-3-2-4-20(24)9-8-19-6-7-19)33-30(39)27-15-23(36)17-35(27)28(37)16-32-29(38)26-12-10-21-14-22(31)11-13-25(21)34-26/h2-5,8-14,18-19,23,27,36H,6-7,15-17H2,1H3,(H,32,38)(H,33,39)/b9-8+/t18-,23+,27-/m0/s1. The Kier molecular flexibility index (Phi) is 7.70. The molecule has 2 fully saturated rings. The van der Waals surface area contributed by atoms with Crippen LogP contribution in [0.15, 0.2) is 60.7 Å². The molecule has 0 radical (unpaired) electrons. The van der Waals surface area contributed by atoms with Crippen molar-refractivity contribution in [3.63, 3.8) is 0 Å². The first-order valence-electron chi connectivity index (χ1n) is 13.2. The Morgan fingerprint density at radius 3 is 2.74 bits per heavy atom. The number of aliphatic hydroxyl groups is 1. The molecule has 0 unspecified atom stereocenters. The SMILES string of the molecule is C[C@H](NC(=O)[C@@H]1C[C@@H](O)CN1C(=O)CNC(=O)c1ccc2cc(F)ccc2n1)c1ccccc1/C=C/C1CC1. The maximum atomic E-state index is 13.4. The summed E-state index contributed by atoms with van der Waals surface area (Å²) in [7, 11) is 0. The van der Waals surface area contributed by atoms with Crippen LogP contribution < -0.4 is 10.6 Å². The molecule has 3 atom stereocenters. The molecular weight excluding hydrogens is 499 g/mol. The number of likely N-dealkylation sites (tertiary alicyclic amines) is 1. The number of nitrogens with zero attached hydrogens (tertiary/aromatic N) is 2. The summed E-state index contributed by atoms with van der Waals surface area (Å²) in [6.45, 7) is 1.54. The lowest BCUT2D eigenvalue weighted by Gasteiger charge is -2.26. The summed E-state index contributed by atoms with van der Waals surface area (Å²) in [6, 6.07) is 13.8. The molecule has 2 heterocycles. The number of nitrogens with one attached hydrogen (secondary N) is 2. The summed E-state index contributed by atoms with van der Waals surface area (Å²) in [4.78, 5) is 44.4. The molecule has 2 aromatic carbocycles. The minimum atomic E-state index is -0.852. The fourth-order valence-corrected chi connectivity index (χ4v) is 4.88. The first-order chi connectivity index (χ1) is 18.8. The first-order valence-corrected chi connectivity index (χ1v) is 13.2. The van der Waals surface area contributed by atoms with Crippen LogP contribution in [0.1, 0.15) is 53.8 Å². The Hall–Kier alpha value is -4.11. The molecule has 39 heavy (non-hydrogen) atoms. The third kappa shape index (κ3) is 6.31. The highest BCUT2D eigenvalue weighted by atomic mass is 19.1. The maximum absolute atomic E-state index is 13.4. The number of carbonyl (C=O) groups is 3. The Morgan fingerprint density at radius 1 is 1.15 bits per heavy atom. The van der Waals surface area contributed by atoms with E-state index in [4.69, 9.17) is 0 Å². The van der Waals surface area contributed by atoms with Crippen molar-refractivity contribution >= 4 is 34.7 Å². The van der Waals surface area contributed by atoms with E-state index in [1.165, 1.54) is 42.0 Å². The lowest BCUT2D eigenvalue weighted by Crippen LogP contribution is -2.49. The fraction of sp³-hybridized carbons (Fsp3) is 0.333. The third-order valence-corrected chi connectivity index (χ3v) is 7.18. The number of allylic oxidation sites excluding steroid dienone is 1. The normalized spacial score (nSPS) is 19.8. The summed E-state index contributed by atoms with van der Waals surface area (Å²) >= 11 is 0. The van der Waals surface area contributed by atoms with Crippen molar-refractivity contribution in [3.8, 4) is 0 Å². The highest BCUT2D eigenvalue weighted by Gasteiger charge is 2.39. The Labute approximate surface area is 225 Å². The number of rotatable bonds is 8. The second-order valence-corrected chi connectivity index (χ2v) is 10.2. The zero-order valence-corrected chi connectivity index (χ0v) is 21.6. The average Bonchev–Trinajstić information content (AvgIpc) is 3.68. The van der Waals surface area contributed by atoms with Crippen LogP contribution in [0.4, 0.5) is 4.39 Å². The van der Waals surface area contributed by atoms with Crippen LogP contribution in [0, 0.1) is 11.7 Å². The molecule has 3 aromatic rings. The van der Waals surface area contributed by atoms with Crippen LogP contribution in [0.5, 0.6) is 0 Å². The average molecular weight is 531 g/mol. The van der Waals surface area contributed by atoms with E-state index in [-0.39, 0.29) is 37.2 Å². The number of aromatic nitrogens is 1. The molecule has 1 saturated heterocycles. The van der Waals surface area contributed by atoms with E-state index in [9.17, 15) is 23.9 Å². The number of amides is 3. The van der Waals surface area contributed by atoms with Crippen molar-refractivity contribution in [2.24, 2.45) is 5.92 Å². The Morgan fingerprint density at radius 2 is 1.95 bits per heavy atom. The number of halogens is 1. The van der Waals surface area contributed by atoms with Crippen LogP contribution in [0.3, 0.4) is 0 Å². The largest absolute Gasteiger partial charge is 0.391 e. The van der Waals surface area contributed by atoms with E-state index < -0.39 is 29.8 Å². The second kappa shape index (κ2) is 11.3. The molecule has 3 amide bonds. The van der Waals surface area contributed by atoms with E-state index in [0.29, 0.717) is 16.8 Å². The van der Waals surface area contributed by atoms with Crippen LogP contribution >= 0.6 is 0 Å². The van der Waals surface area contributed by atoms with E-state index in [1.54, 1.807) is 6.07 Å². The van der Waals surface area contributed by atoms with Gasteiger partial charge in [-0.15, -0.1) is 0 Å². The number of pyridine rings is 1. The van der Waals surface area contributed by atoms with Gasteiger partial charge in [-0.05, 0) is 61.1 Å². The summed E-state index contributed by atoms with van der Waals surface area (Å²) in [6.07, 6.45) is 5.98. The summed E-state index contributed by atoms with van der Waals surface area (Å²) < 4.78 is 13.4. The Bertz CT molecular complexity index is 1440. The van der Waals surface area contributed by atoms with Crippen molar-refractivity contribution in [3.05, 3.63) is 83.3 Å². The highest BCUT2D eigenvalue weighted by molar-refractivity contribution is 5.97. The quantitative estimate of drug-likeness (QED) is 0.414. The fourth-order valence-electron chi connectivity index (χ4n) is 4.88. The zero-order chi connectivity index (χ0) is 27.5. The molecule has 2 aliphatic rings. The van der Waals surface area contributed by atoms with Crippen LogP contribution in [-0.4, -0.2) is 57.9 Å². The third-order valence-electron chi connectivity index (χ3n) is 7.18. The molecule has 202 valence electrons. The van der Waals surface area contributed by atoms with Gasteiger partial charge in [0.1, 0.15) is 17.6 Å². The van der Waals surface area contributed by atoms with Crippen LogP contribution in [-0.2, 0) is 9.59 Å². The molecule has 1 aliphatic heterocycles. The predicted octanol–water partition coefficient (Wildman–Crippen LogP) is 3.37. The molecule has 1 aromatic heterocycles. The molecule has 0 bridgehead atoms. The number of hydrogen-bond donors (Lipinski definition) is 3. The molecular formula is C30H31FN4O4. The van der Waals surface area contributed by atoms with Gasteiger partial charge in [-0.3, -0.25) is 14.4 Å². The van der Waals surface area contributed by atoms with Gasteiger partial charge in [-0.1, -0.05) is 42.5 Å². The van der Waals surface area contributed by atoms with Gasteiger partial charge in [-0.2, -0.15) is 0 Å². The van der Waals surface area contributed by atoms with Crippen molar-refractivity contribution in [1.29, 1.82) is 0 Å². The first kappa shape index (κ1) is 26.5. The van der Waals surface area contributed by atoms with Crippen molar-refractivity contribution in [2.45, 2.75) is 44.4 Å². The number of β-amino-alcohol motifs (C(OH)–C–C–N with tert-alkyl or cyclic N) is 1. The highest BCUT2D eigenvalue weighted by Crippen LogP contribution is 2.31. The van der Waals surface area contributed by atoms with Crippen LogP contribution in [0.25, 0.3) is 17.0 Å². The molecule has 9 heteroatoms. The number of aliphatic hydroxyl groups excluding tert-OH is 1. The minimum absolute atomic E-state index is 0.00166. The molecule has 0 spiro atoms. The van der Waals surface area contributed by atoms with Crippen molar-refractivity contribution < 1.29 is 23.9 Å². The molecule has 8 nitrogen and oxygen atoms in total. The lowest BCUT2D eigenvalue weighted by molar-refractivity contribution is -0.138. The van der Waals surface area contributed by atoms with Crippen molar-refractivity contribution in [2.75, 3.05) is 13.1 Å². The Balaban J connectivity index is 1.21. The van der Waals surface area contributed by atoms with Gasteiger partial charge in [0.15, 0.2) is 0 Å². The van der Waals surface area contributed by atoms with Gasteiger partial charge < -0.3 is 20.6 Å². The van der Waals surface area contributed by atoms with Gasteiger partial charge in [0.05, 0.1) is 24.2 Å². The zero-order valence-electron chi connectivity index (χ0n) is 21.6. The van der Waals surface area contributed by atoms with Gasteiger partial charge in [0, 0.05) is 18.4 Å². The van der Waals surface area contributed by atoms with Crippen LogP contribution in [0.2, 0.25) is 0 Å². The number of hydrogen-bond acceptors (Lipinski definition) is 5. The second-order valence-electron chi connectivity index (χ2n) is 10.2. The van der Waals surface area contributed by atoms with Gasteiger partial charge in [0.25, 0.3) is 5.91 Å². The van der Waals surface area contributed by atoms with Gasteiger partial charge >= 0.3 is 0 Å². The smallest absolute Gasteiger partial charge is 0.270 e. The van der Waals surface area contributed by atoms with Gasteiger partial charge in [0.2, 0.25) is 11.8 Å². The molecule has 1 saturated carbocycles. The monoisotopic (exact) mass is 530 g/mol. The summed E-state index contributed by atoms with van der Waals surface area (Å²) in [5.41, 5.74) is 2.54. The molecule has 3 N–H and O–H groups in total. The summed E-state index contributed by atoms with van der Waals surface area (Å²) in [5, 5.41) is 16.4. The summed E-state index contributed by atoms with van der Waals surface area (Å²) in [5.74, 6) is -1.18. The molecule has 5 rings (SSSR count). The molecule has 1 aliphatic carbocycles. The topological polar surface area (TPSA) is 112 Å². The van der Waals surface area contributed by atoms with Crippen molar-refractivity contribution in [1.82, 2.24) is 20.5 Å². The lowest BCUT2D eigenvalue weighted by atomic mass is 10.00. The van der Waals surface area contributed by atoms with E-state index in [0.717, 1.165) is 11.1 Å². The van der Waals surface area contributed by atoms with Gasteiger partial charge in [-0.25, -0.2) is 9.37 Å². The van der Waals surface area contributed by atoms with E-state index in [1.807, 2.05) is 31.2 Å².